The number of halogens is 1. The number of amides is 2. The largest absolute Gasteiger partial charge is 0.506 e. The van der Waals surface area contributed by atoms with E-state index in [0.29, 0.717) is 18.7 Å². The summed E-state index contributed by atoms with van der Waals surface area (Å²) in [5.41, 5.74) is 4.70. The predicted molar refractivity (Wildman–Crippen MR) is 129 cm³/mol. The van der Waals surface area contributed by atoms with Crippen molar-refractivity contribution in [1.29, 1.82) is 0 Å². The van der Waals surface area contributed by atoms with E-state index in [1.807, 2.05) is 50.2 Å². The predicted octanol–water partition coefficient (Wildman–Crippen LogP) is 4.84. The number of phenols is 1. The van der Waals surface area contributed by atoms with Crippen LogP contribution in [0.5, 0.6) is 5.75 Å². The Labute approximate surface area is 191 Å². The number of nitrogens with zero attached hydrogens (tertiary/aromatic N) is 2. The maximum Gasteiger partial charge on any atom is 0.271 e. The number of nitrogens with one attached hydrogen (secondary N) is 1. The first kappa shape index (κ1) is 23.0. The fourth-order valence-corrected chi connectivity index (χ4v) is 3.57. The molecule has 2 amide bonds. The number of carbonyl (C=O) groups is 2. The second-order valence-electron chi connectivity index (χ2n) is 7.07. The van der Waals surface area contributed by atoms with Crippen LogP contribution >= 0.6 is 11.6 Å². The van der Waals surface area contributed by atoms with Crippen LogP contribution in [-0.4, -0.2) is 41.1 Å². The van der Waals surface area contributed by atoms with Crippen LogP contribution in [0.15, 0.2) is 66.3 Å². The van der Waals surface area contributed by atoms with E-state index in [-0.39, 0.29) is 22.2 Å². The van der Waals surface area contributed by atoms with E-state index in [0.717, 1.165) is 21.9 Å². The molecule has 0 unspecified atom stereocenters. The number of hydrogen-bond donors (Lipinski definition) is 2. The highest BCUT2D eigenvalue weighted by Crippen LogP contribution is 2.28. The van der Waals surface area contributed by atoms with Gasteiger partial charge in [0.25, 0.3) is 11.8 Å². The second kappa shape index (κ2) is 10.1. The number of likely N-dealkylation sites (N-methyl/N-ethyl adjacent to an activating group) is 1. The molecule has 3 aromatic rings. The summed E-state index contributed by atoms with van der Waals surface area (Å²) < 4.78 is 0. The number of phenolic OH excluding ortho intramolecular Hbond substituents is 1. The molecule has 6 nitrogen and oxygen atoms in total. The first-order valence-electron chi connectivity index (χ1n) is 10.2. The fraction of sp³-hybridized carbons (Fsp3) is 0.160. The summed E-state index contributed by atoms with van der Waals surface area (Å²) in [6, 6.07) is 15.5. The molecule has 0 radical (unpaired) electrons. The number of carbonyl (C=O) groups excluding carboxylic acids is 2. The fourth-order valence-electron chi connectivity index (χ4n) is 3.39. The van der Waals surface area contributed by atoms with Gasteiger partial charge in [-0.25, -0.2) is 5.43 Å². The molecule has 0 spiro atoms. The van der Waals surface area contributed by atoms with Gasteiger partial charge in [0.2, 0.25) is 0 Å². The molecule has 3 rings (SSSR count). The summed E-state index contributed by atoms with van der Waals surface area (Å²) in [6.07, 6.45) is 1.54. The van der Waals surface area contributed by atoms with Crippen molar-refractivity contribution in [3.63, 3.8) is 0 Å². The average molecular weight is 450 g/mol. The highest BCUT2D eigenvalue weighted by atomic mass is 35.5. The first-order chi connectivity index (χ1) is 15.4. The normalized spacial score (nSPS) is 11.0. The lowest BCUT2D eigenvalue weighted by Crippen LogP contribution is -2.30. The topological polar surface area (TPSA) is 82.0 Å². The summed E-state index contributed by atoms with van der Waals surface area (Å²) in [4.78, 5) is 26.8. The van der Waals surface area contributed by atoms with Crippen LogP contribution in [0.3, 0.4) is 0 Å². The summed E-state index contributed by atoms with van der Waals surface area (Å²) in [6.45, 7) is 9.15. The Morgan fingerprint density at radius 3 is 2.44 bits per heavy atom. The molecule has 7 heteroatoms. The van der Waals surface area contributed by atoms with Crippen LogP contribution in [0.1, 0.15) is 35.3 Å². The number of benzene rings is 3. The lowest BCUT2D eigenvalue weighted by molar-refractivity contribution is -0.124. The molecule has 0 bridgehead atoms. The zero-order valence-electron chi connectivity index (χ0n) is 17.9. The van der Waals surface area contributed by atoms with Gasteiger partial charge in [-0.2, -0.15) is 5.10 Å². The van der Waals surface area contributed by atoms with E-state index in [9.17, 15) is 14.7 Å². The van der Waals surface area contributed by atoms with E-state index in [1.54, 1.807) is 11.1 Å². The Hall–Kier alpha value is -3.64. The van der Waals surface area contributed by atoms with E-state index >= 15 is 0 Å². The molecule has 0 atom stereocenters. The molecule has 32 heavy (non-hydrogen) atoms. The van der Waals surface area contributed by atoms with Crippen molar-refractivity contribution in [1.82, 2.24) is 10.3 Å². The first-order valence-corrected chi connectivity index (χ1v) is 10.6. The van der Waals surface area contributed by atoms with Crippen LogP contribution in [0.2, 0.25) is 5.02 Å². The number of fused-ring (bicyclic) bond motifs is 1. The van der Waals surface area contributed by atoms with Crippen molar-refractivity contribution in [3.8, 4) is 5.75 Å². The molecule has 2 N–H and O–H groups in total. The summed E-state index contributed by atoms with van der Waals surface area (Å²) in [5.74, 6) is -0.650. The van der Waals surface area contributed by atoms with Gasteiger partial charge < -0.3 is 10.0 Å². The minimum absolute atomic E-state index is 0.0858. The monoisotopic (exact) mass is 449 g/mol. The molecular formula is C25H24ClN3O3. The van der Waals surface area contributed by atoms with Gasteiger partial charge in [-0.1, -0.05) is 54.6 Å². The van der Waals surface area contributed by atoms with Crippen LogP contribution in [-0.2, 0) is 4.79 Å². The highest BCUT2D eigenvalue weighted by molar-refractivity contribution is 6.32. The van der Waals surface area contributed by atoms with Gasteiger partial charge in [-0.05, 0) is 48.4 Å². The van der Waals surface area contributed by atoms with E-state index in [2.05, 4.69) is 17.1 Å². The molecule has 0 saturated carbocycles. The maximum absolute atomic E-state index is 12.8. The number of hydrazone groups is 1. The van der Waals surface area contributed by atoms with Gasteiger partial charge in [-0.15, -0.1) is 0 Å². The zero-order chi connectivity index (χ0) is 23.3. The van der Waals surface area contributed by atoms with Crippen molar-refractivity contribution < 1.29 is 14.7 Å². The van der Waals surface area contributed by atoms with Crippen molar-refractivity contribution >= 4 is 46.0 Å². The lowest BCUT2D eigenvalue weighted by Gasteiger charge is -2.21. The molecule has 0 aliphatic carbocycles. The number of rotatable bonds is 7. The van der Waals surface area contributed by atoms with Gasteiger partial charge in [0.1, 0.15) is 5.75 Å². The van der Waals surface area contributed by atoms with Crippen LogP contribution in [0.4, 0.5) is 0 Å². The molecule has 0 aromatic heterocycles. The van der Waals surface area contributed by atoms with Gasteiger partial charge in [0.05, 0.1) is 11.2 Å². The van der Waals surface area contributed by atoms with Crippen molar-refractivity contribution in [3.05, 3.63) is 82.9 Å². The maximum atomic E-state index is 12.8. The van der Waals surface area contributed by atoms with Crippen molar-refractivity contribution in [2.45, 2.75) is 13.8 Å². The molecule has 0 saturated heterocycles. The van der Waals surface area contributed by atoms with Gasteiger partial charge in [0.15, 0.2) is 0 Å². The third-order valence-corrected chi connectivity index (χ3v) is 5.47. The Balaban J connectivity index is 1.86. The number of aromatic hydroxyl groups is 1. The third kappa shape index (κ3) is 4.81. The van der Waals surface area contributed by atoms with Gasteiger partial charge in [0, 0.05) is 29.8 Å². The van der Waals surface area contributed by atoms with Crippen LogP contribution in [0, 0.1) is 0 Å². The Bertz CT molecular complexity index is 1220. The quantitative estimate of drug-likeness (QED) is 0.307. The summed E-state index contributed by atoms with van der Waals surface area (Å²) in [7, 11) is 0. The Morgan fingerprint density at radius 1 is 1.09 bits per heavy atom. The molecule has 3 aromatic carbocycles. The molecule has 0 fully saturated rings. The minimum Gasteiger partial charge on any atom is -0.506 e. The van der Waals surface area contributed by atoms with Gasteiger partial charge in [-0.3, -0.25) is 9.59 Å². The second-order valence-corrected chi connectivity index (χ2v) is 7.48. The van der Waals surface area contributed by atoms with Crippen LogP contribution < -0.4 is 5.43 Å². The zero-order valence-corrected chi connectivity index (χ0v) is 18.7. The molecule has 164 valence electrons. The molecule has 0 heterocycles. The van der Waals surface area contributed by atoms with Gasteiger partial charge >= 0.3 is 0 Å². The van der Waals surface area contributed by atoms with E-state index < -0.39 is 5.91 Å². The Kier molecular flexibility index (Phi) is 7.28. The standard InChI is InChI=1S/C25H24ClN3O3/c1-4-29(5-2)25(32)16(3)19-12-10-18(20-8-6-7-9-21(19)20)15-27-28-24(31)17-11-13-23(30)22(26)14-17/h6-15,30H,3-5H2,1-2H3,(H,28,31). The lowest BCUT2D eigenvalue weighted by atomic mass is 9.95. The highest BCUT2D eigenvalue weighted by Gasteiger charge is 2.17. The van der Waals surface area contributed by atoms with Crippen molar-refractivity contribution in [2.75, 3.05) is 13.1 Å². The third-order valence-electron chi connectivity index (χ3n) is 5.17. The number of hydrogen-bond acceptors (Lipinski definition) is 4. The SMILES string of the molecule is C=C(C(=O)N(CC)CC)c1ccc(C=NNC(=O)c2ccc(O)c(Cl)c2)c2ccccc12. The van der Waals surface area contributed by atoms with Crippen LogP contribution in [0.25, 0.3) is 16.3 Å². The molecule has 0 aliphatic rings. The van der Waals surface area contributed by atoms with E-state index in [4.69, 9.17) is 11.6 Å². The summed E-state index contributed by atoms with van der Waals surface area (Å²) >= 11 is 5.85. The molecular weight excluding hydrogens is 426 g/mol. The smallest absolute Gasteiger partial charge is 0.271 e. The minimum atomic E-state index is -0.456. The summed E-state index contributed by atoms with van der Waals surface area (Å²) in [5, 5.41) is 15.4. The average Bonchev–Trinajstić information content (AvgIpc) is 2.81. The van der Waals surface area contributed by atoms with Crippen molar-refractivity contribution in [2.24, 2.45) is 5.10 Å². The molecule has 0 aliphatic heterocycles. The Morgan fingerprint density at radius 2 is 1.78 bits per heavy atom. The van der Waals surface area contributed by atoms with E-state index in [1.165, 1.54) is 18.2 Å².